The first-order valence-electron chi connectivity index (χ1n) is 4.49. The first kappa shape index (κ1) is 11.6. The smallest absolute Gasteiger partial charge is 0.217 e. The maximum atomic E-state index is 10.6. The summed E-state index contributed by atoms with van der Waals surface area (Å²) in [6, 6.07) is 4.92. The summed E-state index contributed by atoms with van der Waals surface area (Å²) in [4.78, 5) is 10.6. The van der Waals surface area contributed by atoms with Crippen LogP contribution in [0.3, 0.4) is 0 Å². The lowest BCUT2D eigenvalue weighted by atomic mass is 10.2. The van der Waals surface area contributed by atoms with E-state index in [0.29, 0.717) is 17.1 Å². The predicted octanol–water partition coefficient (Wildman–Crippen LogP) is 2.19. The van der Waals surface area contributed by atoms with Crippen LogP contribution in [0.15, 0.2) is 24.3 Å². The van der Waals surface area contributed by atoms with Crippen LogP contribution in [0.5, 0.6) is 5.75 Å². The number of carbonyl (C=O) groups is 1. The lowest BCUT2D eigenvalue weighted by molar-refractivity contribution is -0.118. The highest BCUT2D eigenvalue weighted by atomic mass is 35.5. The van der Waals surface area contributed by atoms with E-state index in [2.05, 4.69) is 5.32 Å². The van der Waals surface area contributed by atoms with Gasteiger partial charge in [-0.15, -0.1) is 0 Å². The summed E-state index contributed by atoms with van der Waals surface area (Å²) in [5, 5.41) is 12.6. The molecule has 1 rings (SSSR count). The zero-order chi connectivity index (χ0) is 11.3. The highest BCUT2D eigenvalue weighted by Gasteiger charge is 2.00. The molecule has 0 fully saturated rings. The molecule has 2 N–H and O–H groups in total. The Hall–Kier alpha value is -1.48. The third kappa shape index (κ3) is 3.64. The minimum Gasteiger partial charge on any atom is -0.507 e. The summed E-state index contributed by atoms with van der Waals surface area (Å²) in [7, 11) is 0. The molecular formula is C11H12ClNO2. The van der Waals surface area contributed by atoms with Crippen LogP contribution in [0.2, 0.25) is 5.02 Å². The minimum absolute atomic E-state index is 0.0944. The van der Waals surface area contributed by atoms with E-state index in [0.717, 1.165) is 0 Å². The number of rotatable bonds is 3. The molecule has 0 aliphatic heterocycles. The predicted molar refractivity (Wildman–Crippen MR) is 60.8 cm³/mol. The van der Waals surface area contributed by atoms with E-state index in [9.17, 15) is 9.90 Å². The van der Waals surface area contributed by atoms with Crippen LogP contribution in [0.4, 0.5) is 0 Å². The van der Waals surface area contributed by atoms with Gasteiger partial charge in [-0.2, -0.15) is 0 Å². The van der Waals surface area contributed by atoms with Crippen molar-refractivity contribution in [3.05, 3.63) is 34.9 Å². The molecule has 3 nitrogen and oxygen atoms in total. The number of nitrogens with one attached hydrogen (secondary N) is 1. The first-order valence-corrected chi connectivity index (χ1v) is 4.87. The summed E-state index contributed by atoms with van der Waals surface area (Å²) >= 11 is 5.87. The van der Waals surface area contributed by atoms with Crippen molar-refractivity contribution in [2.75, 3.05) is 6.54 Å². The van der Waals surface area contributed by atoms with Crippen LogP contribution < -0.4 is 5.32 Å². The van der Waals surface area contributed by atoms with E-state index in [1.54, 1.807) is 30.4 Å². The summed E-state index contributed by atoms with van der Waals surface area (Å²) in [6.45, 7) is 1.86. The Labute approximate surface area is 93.4 Å². The van der Waals surface area contributed by atoms with Gasteiger partial charge in [0.25, 0.3) is 0 Å². The molecule has 0 aliphatic carbocycles. The summed E-state index contributed by atoms with van der Waals surface area (Å²) in [5.41, 5.74) is 0.560. The number of benzene rings is 1. The second kappa shape index (κ2) is 5.41. The zero-order valence-corrected chi connectivity index (χ0v) is 9.08. The van der Waals surface area contributed by atoms with Crippen molar-refractivity contribution in [1.82, 2.24) is 5.32 Å². The first-order chi connectivity index (χ1) is 7.11. The van der Waals surface area contributed by atoms with Gasteiger partial charge in [-0.25, -0.2) is 0 Å². The zero-order valence-electron chi connectivity index (χ0n) is 8.33. The Kier molecular flexibility index (Phi) is 4.18. The SMILES string of the molecule is CC(=O)NCC=Cc1c(O)cccc1Cl. The normalized spacial score (nSPS) is 10.5. The fourth-order valence-electron chi connectivity index (χ4n) is 1.07. The van der Waals surface area contributed by atoms with Gasteiger partial charge in [0.05, 0.1) is 5.02 Å². The molecule has 0 atom stereocenters. The van der Waals surface area contributed by atoms with Crippen molar-refractivity contribution < 1.29 is 9.90 Å². The number of hydrogen-bond donors (Lipinski definition) is 2. The second-order valence-corrected chi connectivity index (χ2v) is 3.42. The monoisotopic (exact) mass is 225 g/mol. The molecule has 15 heavy (non-hydrogen) atoms. The van der Waals surface area contributed by atoms with Gasteiger partial charge >= 0.3 is 0 Å². The van der Waals surface area contributed by atoms with Crippen molar-refractivity contribution in [3.63, 3.8) is 0 Å². The third-order valence-electron chi connectivity index (χ3n) is 1.78. The second-order valence-electron chi connectivity index (χ2n) is 3.01. The van der Waals surface area contributed by atoms with E-state index in [1.165, 1.54) is 6.92 Å². The van der Waals surface area contributed by atoms with E-state index in [-0.39, 0.29) is 11.7 Å². The van der Waals surface area contributed by atoms with Crippen molar-refractivity contribution in [3.8, 4) is 5.75 Å². The lowest BCUT2D eigenvalue weighted by Crippen LogP contribution is -2.19. The standard InChI is InChI=1S/C11H12ClNO2/c1-8(14)13-7-3-4-9-10(12)5-2-6-11(9)15/h2-6,15H,7H2,1H3,(H,13,14). The molecule has 0 spiro atoms. The fourth-order valence-corrected chi connectivity index (χ4v) is 1.30. The average molecular weight is 226 g/mol. The molecule has 0 aliphatic rings. The molecule has 0 saturated heterocycles. The maximum absolute atomic E-state index is 10.6. The number of amides is 1. The van der Waals surface area contributed by atoms with Crippen molar-refractivity contribution in [2.24, 2.45) is 0 Å². The molecule has 0 bridgehead atoms. The Morgan fingerprint density at radius 2 is 2.33 bits per heavy atom. The number of phenolic OH excluding ortho intramolecular Hbond substituents is 1. The van der Waals surface area contributed by atoms with Gasteiger partial charge in [0.2, 0.25) is 5.91 Å². The molecule has 1 aromatic rings. The van der Waals surface area contributed by atoms with Crippen LogP contribution in [0.25, 0.3) is 6.08 Å². The Bertz CT molecular complexity index is 368. The highest BCUT2D eigenvalue weighted by molar-refractivity contribution is 6.32. The summed E-state index contributed by atoms with van der Waals surface area (Å²) < 4.78 is 0. The van der Waals surface area contributed by atoms with E-state index in [4.69, 9.17) is 11.6 Å². The maximum Gasteiger partial charge on any atom is 0.217 e. The number of phenols is 1. The summed E-state index contributed by atoms with van der Waals surface area (Å²) in [5.74, 6) is 0.0320. The van der Waals surface area contributed by atoms with Crippen LogP contribution in [-0.4, -0.2) is 17.6 Å². The van der Waals surface area contributed by atoms with Crippen LogP contribution in [0.1, 0.15) is 12.5 Å². The largest absolute Gasteiger partial charge is 0.507 e. The molecule has 1 amide bonds. The molecule has 0 radical (unpaired) electrons. The number of hydrogen-bond acceptors (Lipinski definition) is 2. The highest BCUT2D eigenvalue weighted by Crippen LogP contribution is 2.26. The molecule has 0 unspecified atom stereocenters. The Morgan fingerprint density at radius 1 is 1.60 bits per heavy atom. The van der Waals surface area contributed by atoms with Gasteiger partial charge < -0.3 is 10.4 Å². The van der Waals surface area contributed by atoms with Gasteiger partial charge in [0.15, 0.2) is 0 Å². The van der Waals surface area contributed by atoms with Gasteiger partial charge in [0, 0.05) is 19.0 Å². The van der Waals surface area contributed by atoms with Crippen molar-refractivity contribution in [2.45, 2.75) is 6.92 Å². The van der Waals surface area contributed by atoms with Gasteiger partial charge in [-0.05, 0) is 12.1 Å². The molecule has 0 heterocycles. The third-order valence-corrected chi connectivity index (χ3v) is 2.11. The molecule has 1 aromatic carbocycles. The topological polar surface area (TPSA) is 49.3 Å². The lowest BCUT2D eigenvalue weighted by Gasteiger charge is -2.01. The Balaban J connectivity index is 2.67. The Morgan fingerprint density at radius 3 is 2.93 bits per heavy atom. The van der Waals surface area contributed by atoms with E-state index in [1.807, 2.05) is 0 Å². The fraction of sp³-hybridized carbons (Fsp3) is 0.182. The molecule has 0 aromatic heterocycles. The minimum atomic E-state index is -0.0944. The quantitative estimate of drug-likeness (QED) is 0.829. The van der Waals surface area contributed by atoms with Crippen LogP contribution in [0, 0.1) is 0 Å². The van der Waals surface area contributed by atoms with Gasteiger partial charge in [0.1, 0.15) is 5.75 Å². The van der Waals surface area contributed by atoms with Crippen LogP contribution in [-0.2, 0) is 4.79 Å². The number of aromatic hydroxyl groups is 1. The molecular weight excluding hydrogens is 214 g/mol. The molecule has 80 valence electrons. The average Bonchev–Trinajstić information content (AvgIpc) is 2.15. The van der Waals surface area contributed by atoms with Gasteiger partial charge in [-0.1, -0.05) is 29.8 Å². The van der Waals surface area contributed by atoms with Crippen LogP contribution >= 0.6 is 11.6 Å². The number of carbonyl (C=O) groups excluding carboxylic acids is 1. The molecule has 0 saturated carbocycles. The van der Waals surface area contributed by atoms with E-state index >= 15 is 0 Å². The number of halogens is 1. The van der Waals surface area contributed by atoms with Gasteiger partial charge in [-0.3, -0.25) is 4.79 Å². The van der Waals surface area contributed by atoms with Crippen molar-refractivity contribution >= 4 is 23.6 Å². The van der Waals surface area contributed by atoms with Crippen molar-refractivity contribution in [1.29, 1.82) is 0 Å². The molecule has 4 heteroatoms. The van der Waals surface area contributed by atoms with E-state index < -0.39 is 0 Å². The summed E-state index contributed by atoms with van der Waals surface area (Å²) in [6.07, 6.45) is 3.40.